The zero-order valence-electron chi connectivity index (χ0n) is 11.4. The van der Waals surface area contributed by atoms with Gasteiger partial charge in [0.1, 0.15) is 11.6 Å². The van der Waals surface area contributed by atoms with E-state index in [0.29, 0.717) is 0 Å². The summed E-state index contributed by atoms with van der Waals surface area (Å²) in [5.41, 5.74) is 0.0860. The first kappa shape index (κ1) is 14.2. The molecule has 3 N–H and O–H groups in total. The lowest BCUT2D eigenvalue weighted by Crippen LogP contribution is -2.30. The third kappa shape index (κ3) is 3.66. The number of nitrogens with one attached hydrogen (secondary N) is 3. The number of carbonyl (C=O) groups is 1. The molecule has 1 aliphatic rings. The maximum absolute atomic E-state index is 13.5. The Labute approximate surface area is 124 Å². The van der Waals surface area contributed by atoms with Gasteiger partial charge in [0.05, 0.1) is 5.69 Å². The standard InChI is InChI=1S/C14H13F2N5O/c15-8-1-4-11(10(16)7-8)18-12-5-6-13(21-20-12)19-14(22)17-9-2-3-9/h1,4-7,9H,2-3H2,(H,18,20)(H2,17,19,21,22). The molecule has 1 saturated carbocycles. The largest absolute Gasteiger partial charge is 0.336 e. The smallest absolute Gasteiger partial charge is 0.320 e. The molecule has 1 aliphatic carbocycles. The number of nitrogens with zero attached hydrogens (tertiary/aromatic N) is 2. The van der Waals surface area contributed by atoms with Crippen molar-refractivity contribution >= 4 is 23.4 Å². The van der Waals surface area contributed by atoms with E-state index in [1.807, 2.05) is 0 Å². The average Bonchev–Trinajstić information content (AvgIpc) is 3.28. The van der Waals surface area contributed by atoms with Crippen molar-refractivity contribution in [2.24, 2.45) is 0 Å². The summed E-state index contributed by atoms with van der Waals surface area (Å²) in [7, 11) is 0. The van der Waals surface area contributed by atoms with Crippen molar-refractivity contribution < 1.29 is 13.6 Å². The molecule has 1 fully saturated rings. The minimum absolute atomic E-state index is 0.0860. The Kier molecular flexibility index (Phi) is 3.82. The van der Waals surface area contributed by atoms with Crippen molar-refractivity contribution in [3.8, 4) is 0 Å². The van der Waals surface area contributed by atoms with E-state index in [0.717, 1.165) is 25.0 Å². The van der Waals surface area contributed by atoms with E-state index in [1.165, 1.54) is 18.2 Å². The number of hydrogen-bond acceptors (Lipinski definition) is 4. The van der Waals surface area contributed by atoms with Crippen molar-refractivity contribution in [1.82, 2.24) is 15.5 Å². The van der Waals surface area contributed by atoms with Gasteiger partial charge in [0, 0.05) is 12.1 Å². The number of aromatic nitrogens is 2. The molecule has 0 bridgehead atoms. The van der Waals surface area contributed by atoms with Crippen LogP contribution in [-0.4, -0.2) is 22.3 Å². The van der Waals surface area contributed by atoms with Crippen LogP contribution in [-0.2, 0) is 0 Å². The van der Waals surface area contributed by atoms with Gasteiger partial charge in [-0.05, 0) is 37.1 Å². The molecule has 1 aromatic carbocycles. The lowest BCUT2D eigenvalue weighted by molar-refractivity contribution is 0.251. The van der Waals surface area contributed by atoms with Gasteiger partial charge in [0.2, 0.25) is 0 Å². The molecule has 22 heavy (non-hydrogen) atoms. The second-order valence-electron chi connectivity index (χ2n) is 4.93. The van der Waals surface area contributed by atoms with Gasteiger partial charge in [-0.1, -0.05) is 0 Å². The van der Waals surface area contributed by atoms with Gasteiger partial charge in [-0.15, -0.1) is 10.2 Å². The average molecular weight is 305 g/mol. The summed E-state index contributed by atoms with van der Waals surface area (Å²) in [6.45, 7) is 0. The molecule has 2 aromatic rings. The number of carbonyl (C=O) groups excluding carboxylic acids is 1. The Balaban J connectivity index is 1.62. The molecule has 0 atom stereocenters. The molecule has 0 aliphatic heterocycles. The van der Waals surface area contributed by atoms with Gasteiger partial charge in [0.15, 0.2) is 11.6 Å². The van der Waals surface area contributed by atoms with E-state index in [4.69, 9.17) is 0 Å². The molecule has 8 heteroatoms. The van der Waals surface area contributed by atoms with Crippen molar-refractivity contribution in [2.75, 3.05) is 10.6 Å². The Morgan fingerprint density at radius 2 is 1.82 bits per heavy atom. The second-order valence-corrected chi connectivity index (χ2v) is 4.93. The minimum atomic E-state index is -0.729. The SMILES string of the molecule is O=C(Nc1ccc(Nc2ccc(F)cc2F)nn1)NC1CC1. The van der Waals surface area contributed by atoms with Crippen LogP contribution in [0.25, 0.3) is 0 Å². The van der Waals surface area contributed by atoms with Crippen LogP contribution in [0.5, 0.6) is 0 Å². The summed E-state index contributed by atoms with van der Waals surface area (Å²) in [6, 6.07) is 6.15. The van der Waals surface area contributed by atoms with E-state index < -0.39 is 11.6 Å². The van der Waals surface area contributed by atoms with Gasteiger partial charge in [0.25, 0.3) is 0 Å². The van der Waals surface area contributed by atoms with Crippen molar-refractivity contribution in [3.05, 3.63) is 42.0 Å². The molecule has 0 radical (unpaired) electrons. The topological polar surface area (TPSA) is 78.9 Å². The van der Waals surface area contributed by atoms with Gasteiger partial charge < -0.3 is 10.6 Å². The first-order valence-electron chi connectivity index (χ1n) is 6.73. The Hall–Kier alpha value is -2.77. The normalized spacial score (nSPS) is 13.5. The van der Waals surface area contributed by atoms with Crippen LogP contribution in [0.3, 0.4) is 0 Å². The maximum atomic E-state index is 13.5. The number of anilines is 3. The summed E-state index contributed by atoms with van der Waals surface area (Å²) in [5.74, 6) is -0.829. The monoisotopic (exact) mass is 305 g/mol. The number of urea groups is 1. The molecular formula is C14H13F2N5O. The van der Waals surface area contributed by atoms with Crippen LogP contribution in [0.1, 0.15) is 12.8 Å². The minimum Gasteiger partial charge on any atom is -0.336 e. The highest BCUT2D eigenvalue weighted by Gasteiger charge is 2.23. The third-order valence-electron chi connectivity index (χ3n) is 3.01. The number of hydrogen-bond donors (Lipinski definition) is 3. The van der Waals surface area contributed by atoms with E-state index >= 15 is 0 Å². The highest BCUT2D eigenvalue weighted by atomic mass is 19.1. The highest BCUT2D eigenvalue weighted by molar-refractivity contribution is 5.88. The van der Waals surface area contributed by atoms with E-state index in [2.05, 4.69) is 26.1 Å². The van der Waals surface area contributed by atoms with Crippen LogP contribution < -0.4 is 16.0 Å². The van der Waals surface area contributed by atoms with Gasteiger partial charge in [-0.25, -0.2) is 13.6 Å². The first-order chi connectivity index (χ1) is 10.6. The van der Waals surface area contributed by atoms with Crippen molar-refractivity contribution in [2.45, 2.75) is 18.9 Å². The highest BCUT2D eigenvalue weighted by Crippen LogP contribution is 2.20. The predicted molar refractivity (Wildman–Crippen MR) is 76.8 cm³/mol. The molecule has 6 nitrogen and oxygen atoms in total. The zero-order valence-corrected chi connectivity index (χ0v) is 11.4. The fourth-order valence-electron chi connectivity index (χ4n) is 1.76. The molecule has 1 heterocycles. The van der Waals surface area contributed by atoms with Crippen LogP contribution in [0.4, 0.5) is 30.9 Å². The van der Waals surface area contributed by atoms with E-state index in [9.17, 15) is 13.6 Å². The van der Waals surface area contributed by atoms with E-state index in [-0.39, 0.29) is 29.4 Å². The van der Waals surface area contributed by atoms with Crippen molar-refractivity contribution in [3.63, 3.8) is 0 Å². The number of rotatable bonds is 4. The van der Waals surface area contributed by atoms with Crippen molar-refractivity contribution in [1.29, 1.82) is 0 Å². The fourth-order valence-corrected chi connectivity index (χ4v) is 1.76. The molecule has 0 unspecified atom stereocenters. The number of amides is 2. The quantitative estimate of drug-likeness (QED) is 0.811. The Morgan fingerprint density at radius 3 is 2.45 bits per heavy atom. The summed E-state index contributed by atoms with van der Waals surface area (Å²) >= 11 is 0. The van der Waals surface area contributed by atoms with Crippen LogP contribution >= 0.6 is 0 Å². The molecule has 0 saturated heterocycles. The first-order valence-corrected chi connectivity index (χ1v) is 6.73. The summed E-state index contributed by atoms with van der Waals surface area (Å²) in [6.07, 6.45) is 1.98. The summed E-state index contributed by atoms with van der Waals surface area (Å²) < 4.78 is 26.3. The van der Waals surface area contributed by atoms with Gasteiger partial charge in [-0.3, -0.25) is 5.32 Å². The molecule has 2 amide bonds. The number of halogens is 2. The van der Waals surface area contributed by atoms with Crippen LogP contribution in [0.15, 0.2) is 30.3 Å². The van der Waals surface area contributed by atoms with E-state index in [1.54, 1.807) is 0 Å². The summed E-state index contributed by atoms with van der Waals surface area (Å²) in [5, 5.41) is 15.6. The third-order valence-corrected chi connectivity index (χ3v) is 3.01. The fraction of sp³-hybridized carbons (Fsp3) is 0.214. The van der Waals surface area contributed by atoms with Gasteiger partial charge >= 0.3 is 6.03 Å². The summed E-state index contributed by atoms with van der Waals surface area (Å²) in [4.78, 5) is 11.5. The van der Waals surface area contributed by atoms with Gasteiger partial charge in [-0.2, -0.15) is 0 Å². The second kappa shape index (κ2) is 5.92. The molecule has 114 valence electrons. The molecular weight excluding hydrogens is 292 g/mol. The Morgan fingerprint density at radius 1 is 1.09 bits per heavy atom. The maximum Gasteiger partial charge on any atom is 0.320 e. The lowest BCUT2D eigenvalue weighted by atomic mass is 10.3. The molecule has 0 spiro atoms. The lowest BCUT2D eigenvalue weighted by Gasteiger charge is -2.08. The Bertz CT molecular complexity index is 688. The van der Waals surface area contributed by atoms with Crippen LogP contribution in [0.2, 0.25) is 0 Å². The molecule has 3 rings (SSSR count). The number of benzene rings is 1. The molecule has 1 aromatic heterocycles. The zero-order chi connectivity index (χ0) is 15.5. The predicted octanol–water partition coefficient (Wildman–Crippen LogP) is 2.78. The van der Waals surface area contributed by atoms with Crippen LogP contribution in [0, 0.1) is 11.6 Å².